The van der Waals surface area contributed by atoms with E-state index in [9.17, 15) is 13.6 Å². The Labute approximate surface area is 133 Å². The van der Waals surface area contributed by atoms with Gasteiger partial charge in [0.2, 0.25) is 5.91 Å². The molecule has 3 rings (SSSR count). The Hall–Kier alpha value is -2.27. The van der Waals surface area contributed by atoms with E-state index < -0.39 is 11.6 Å². The quantitative estimate of drug-likeness (QED) is 0.909. The van der Waals surface area contributed by atoms with Gasteiger partial charge in [0.25, 0.3) is 0 Å². The molecule has 1 amide bonds. The van der Waals surface area contributed by atoms with Crippen LogP contribution in [0.5, 0.6) is 0 Å². The highest BCUT2D eigenvalue weighted by atomic mass is 19.1. The van der Waals surface area contributed by atoms with Gasteiger partial charge in [-0.1, -0.05) is 24.3 Å². The van der Waals surface area contributed by atoms with Crippen LogP contribution < -0.4 is 10.6 Å². The fourth-order valence-electron chi connectivity index (χ4n) is 2.85. The van der Waals surface area contributed by atoms with Gasteiger partial charge in [-0.2, -0.15) is 0 Å². The lowest BCUT2D eigenvalue weighted by molar-refractivity contribution is -0.123. The van der Waals surface area contributed by atoms with Crippen molar-refractivity contribution >= 4 is 5.91 Å². The molecular formula is C18H18F2N2O. The van der Waals surface area contributed by atoms with Crippen LogP contribution in [0.3, 0.4) is 0 Å². The van der Waals surface area contributed by atoms with Crippen molar-refractivity contribution in [1.29, 1.82) is 0 Å². The summed E-state index contributed by atoms with van der Waals surface area (Å²) in [5, 5.41) is 6.03. The number of benzene rings is 2. The summed E-state index contributed by atoms with van der Waals surface area (Å²) in [5.74, 6) is -1.29. The van der Waals surface area contributed by atoms with Gasteiger partial charge in [-0.05, 0) is 41.7 Å². The van der Waals surface area contributed by atoms with Crippen LogP contribution in [0.15, 0.2) is 42.5 Å². The van der Waals surface area contributed by atoms with Crippen LogP contribution in [0.4, 0.5) is 8.78 Å². The average Bonchev–Trinajstić information content (AvgIpc) is 2.53. The highest BCUT2D eigenvalue weighted by Crippen LogP contribution is 2.16. The zero-order valence-electron chi connectivity index (χ0n) is 12.6. The van der Waals surface area contributed by atoms with E-state index >= 15 is 0 Å². The van der Waals surface area contributed by atoms with E-state index in [1.807, 2.05) is 18.2 Å². The fraction of sp³-hybridized carbons (Fsp3) is 0.278. The van der Waals surface area contributed by atoms with Gasteiger partial charge in [0.05, 0.1) is 6.04 Å². The Morgan fingerprint density at radius 1 is 1.13 bits per heavy atom. The molecule has 0 fully saturated rings. The molecule has 0 aliphatic carbocycles. The van der Waals surface area contributed by atoms with E-state index in [0.29, 0.717) is 31.5 Å². The summed E-state index contributed by atoms with van der Waals surface area (Å²) in [6.45, 7) is 1.02. The molecule has 2 aromatic rings. The van der Waals surface area contributed by atoms with Crippen molar-refractivity contribution in [1.82, 2.24) is 10.6 Å². The van der Waals surface area contributed by atoms with E-state index in [1.54, 1.807) is 0 Å². The van der Waals surface area contributed by atoms with E-state index in [0.717, 1.165) is 6.07 Å². The maximum absolute atomic E-state index is 13.1. The van der Waals surface area contributed by atoms with Crippen molar-refractivity contribution in [2.45, 2.75) is 25.4 Å². The van der Waals surface area contributed by atoms with E-state index in [-0.39, 0.29) is 11.9 Å². The number of hydrogen-bond acceptors (Lipinski definition) is 2. The third-order valence-electron chi connectivity index (χ3n) is 4.03. The Balaban J connectivity index is 1.52. The minimum absolute atomic E-state index is 0.0867. The molecule has 1 heterocycles. The molecule has 1 aliphatic heterocycles. The molecule has 23 heavy (non-hydrogen) atoms. The molecule has 1 atom stereocenters. The second kappa shape index (κ2) is 6.87. The Morgan fingerprint density at radius 3 is 2.57 bits per heavy atom. The van der Waals surface area contributed by atoms with Crippen molar-refractivity contribution in [2.75, 3.05) is 6.54 Å². The van der Waals surface area contributed by atoms with Crippen LogP contribution >= 0.6 is 0 Å². The first-order valence-electron chi connectivity index (χ1n) is 7.64. The molecule has 0 radical (unpaired) electrons. The lowest BCUT2D eigenvalue weighted by Crippen LogP contribution is -2.48. The van der Waals surface area contributed by atoms with Crippen LogP contribution in [-0.2, 0) is 24.2 Å². The summed E-state index contributed by atoms with van der Waals surface area (Å²) in [5.41, 5.74) is 2.93. The van der Waals surface area contributed by atoms with Crippen molar-refractivity contribution < 1.29 is 13.6 Å². The van der Waals surface area contributed by atoms with Gasteiger partial charge < -0.3 is 10.6 Å². The average molecular weight is 316 g/mol. The topological polar surface area (TPSA) is 41.1 Å². The lowest BCUT2D eigenvalue weighted by atomic mass is 9.95. The minimum atomic E-state index is -0.600. The third-order valence-corrected chi connectivity index (χ3v) is 4.03. The smallest absolute Gasteiger partial charge is 0.237 e. The molecule has 0 bridgehead atoms. The SMILES string of the molecule is O=C(NCCc1cc(F)cc(F)c1)C1Cc2ccccc2CN1. The van der Waals surface area contributed by atoms with Crippen molar-refractivity contribution in [3.05, 3.63) is 70.8 Å². The van der Waals surface area contributed by atoms with Crippen molar-refractivity contribution in [3.8, 4) is 0 Å². The summed E-state index contributed by atoms with van der Waals surface area (Å²) < 4.78 is 26.2. The van der Waals surface area contributed by atoms with Gasteiger partial charge >= 0.3 is 0 Å². The first-order valence-corrected chi connectivity index (χ1v) is 7.64. The molecule has 5 heteroatoms. The number of rotatable bonds is 4. The summed E-state index contributed by atoms with van der Waals surface area (Å²) in [6.07, 6.45) is 1.04. The van der Waals surface area contributed by atoms with Crippen LogP contribution in [0.25, 0.3) is 0 Å². The number of hydrogen-bond donors (Lipinski definition) is 2. The number of carbonyl (C=O) groups excluding carboxylic acids is 1. The van der Waals surface area contributed by atoms with Crippen LogP contribution in [0, 0.1) is 11.6 Å². The highest BCUT2D eigenvalue weighted by Gasteiger charge is 2.23. The van der Waals surface area contributed by atoms with Gasteiger partial charge in [0.15, 0.2) is 0 Å². The fourth-order valence-corrected chi connectivity index (χ4v) is 2.85. The van der Waals surface area contributed by atoms with Crippen LogP contribution in [-0.4, -0.2) is 18.5 Å². The van der Waals surface area contributed by atoms with Gasteiger partial charge in [0, 0.05) is 19.2 Å². The van der Waals surface area contributed by atoms with E-state index in [4.69, 9.17) is 0 Å². The molecule has 1 aliphatic rings. The Kier molecular flexibility index (Phi) is 4.67. The second-order valence-corrected chi connectivity index (χ2v) is 5.73. The van der Waals surface area contributed by atoms with Gasteiger partial charge in [-0.25, -0.2) is 8.78 Å². The third kappa shape index (κ3) is 3.93. The lowest BCUT2D eigenvalue weighted by Gasteiger charge is -2.25. The standard InChI is InChI=1S/C18H18F2N2O/c19-15-7-12(8-16(20)10-15)5-6-21-18(23)17-9-13-3-1-2-4-14(13)11-22-17/h1-4,7-8,10,17,22H,5-6,9,11H2,(H,21,23). The molecule has 3 nitrogen and oxygen atoms in total. The summed E-state index contributed by atoms with van der Waals surface area (Å²) in [6, 6.07) is 11.2. The molecule has 2 N–H and O–H groups in total. The monoisotopic (exact) mass is 316 g/mol. The Morgan fingerprint density at radius 2 is 1.83 bits per heavy atom. The number of nitrogens with one attached hydrogen (secondary N) is 2. The Bertz CT molecular complexity index is 698. The highest BCUT2D eigenvalue weighted by molar-refractivity contribution is 5.82. The molecule has 0 spiro atoms. The maximum atomic E-state index is 13.1. The number of fused-ring (bicyclic) bond motifs is 1. The normalized spacial score (nSPS) is 16.7. The first kappa shape index (κ1) is 15.6. The molecule has 0 saturated heterocycles. The summed E-state index contributed by atoms with van der Waals surface area (Å²) >= 11 is 0. The zero-order valence-corrected chi connectivity index (χ0v) is 12.6. The predicted molar refractivity (Wildman–Crippen MR) is 83.8 cm³/mol. The van der Waals surface area contributed by atoms with E-state index in [1.165, 1.54) is 23.3 Å². The minimum Gasteiger partial charge on any atom is -0.354 e. The van der Waals surface area contributed by atoms with Crippen LogP contribution in [0.1, 0.15) is 16.7 Å². The van der Waals surface area contributed by atoms with Crippen LogP contribution in [0.2, 0.25) is 0 Å². The van der Waals surface area contributed by atoms with Gasteiger partial charge in [-0.3, -0.25) is 4.79 Å². The summed E-state index contributed by atoms with van der Waals surface area (Å²) in [4.78, 5) is 12.2. The second-order valence-electron chi connectivity index (χ2n) is 5.73. The van der Waals surface area contributed by atoms with Crippen molar-refractivity contribution in [2.24, 2.45) is 0 Å². The zero-order chi connectivity index (χ0) is 16.2. The molecular weight excluding hydrogens is 298 g/mol. The molecule has 0 aromatic heterocycles. The maximum Gasteiger partial charge on any atom is 0.237 e. The van der Waals surface area contributed by atoms with Gasteiger partial charge in [0.1, 0.15) is 11.6 Å². The number of carbonyl (C=O) groups is 1. The molecule has 1 unspecified atom stereocenters. The van der Waals surface area contributed by atoms with Crippen molar-refractivity contribution in [3.63, 3.8) is 0 Å². The molecule has 0 saturated carbocycles. The molecule has 120 valence electrons. The number of amides is 1. The predicted octanol–water partition coefficient (Wildman–Crippen LogP) is 2.34. The number of halogens is 2. The largest absolute Gasteiger partial charge is 0.354 e. The first-order chi connectivity index (χ1) is 11.1. The molecule has 2 aromatic carbocycles. The summed E-state index contributed by atoms with van der Waals surface area (Å²) in [7, 11) is 0. The van der Waals surface area contributed by atoms with Gasteiger partial charge in [-0.15, -0.1) is 0 Å². The van der Waals surface area contributed by atoms with E-state index in [2.05, 4.69) is 16.7 Å².